The van der Waals surface area contributed by atoms with Crippen LogP contribution in [-0.2, 0) is 0 Å². The lowest BCUT2D eigenvalue weighted by molar-refractivity contribution is 0.123. The molecule has 0 aliphatic carbocycles. The molecule has 0 heterocycles. The van der Waals surface area contributed by atoms with Crippen LogP contribution < -0.4 is 5.32 Å². The molecule has 0 spiro atoms. The van der Waals surface area contributed by atoms with Crippen molar-refractivity contribution < 1.29 is 5.11 Å². The second-order valence-corrected chi connectivity index (χ2v) is 5.14. The van der Waals surface area contributed by atoms with Gasteiger partial charge in [0.15, 0.2) is 0 Å². The largest absolute Gasteiger partial charge is 0.392 e. The van der Waals surface area contributed by atoms with Gasteiger partial charge >= 0.3 is 0 Å². The zero-order valence-electron chi connectivity index (χ0n) is 11.5. The number of aliphatic hydroxyl groups is 1. The summed E-state index contributed by atoms with van der Waals surface area (Å²) in [5.41, 5.74) is 0. The Bertz CT molecular complexity index is 137. The van der Waals surface area contributed by atoms with E-state index < -0.39 is 0 Å². The van der Waals surface area contributed by atoms with Crippen molar-refractivity contribution in [2.45, 2.75) is 71.8 Å². The van der Waals surface area contributed by atoms with Crippen molar-refractivity contribution in [3.05, 3.63) is 0 Å². The van der Waals surface area contributed by atoms with Crippen LogP contribution in [0.4, 0.5) is 0 Å². The third-order valence-electron chi connectivity index (χ3n) is 3.08. The fraction of sp³-hybridized carbons (Fsp3) is 1.00. The standard InChI is InChI=1S/C14H31NO/c1-4-5-6-7-8-9-10-11-15-12-14(16)13(2)3/h13-16H,4-12H2,1-3H3. The van der Waals surface area contributed by atoms with Gasteiger partial charge < -0.3 is 10.4 Å². The van der Waals surface area contributed by atoms with Gasteiger partial charge in [-0.25, -0.2) is 0 Å². The first-order valence-corrected chi connectivity index (χ1v) is 7.07. The molecule has 0 aromatic heterocycles. The first-order valence-electron chi connectivity index (χ1n) is 7.07. The van der Waals surface area contributed by atoms with Gasteiger partial charge in [-0.2, -0.15) is 0 Å². The zero-order valence-corrected chi connectivity index (χ0v) is 11.5. The van der Waals surface area contributed by atoms with E-state index in [1.165, 1.54) is 44.9 Å². The maximum Gasteiger partial charge on any atom is 0.0687 e. The lowest BCUT2D eigenvalue weighted by atomic mass is 10.1. The summed E-state index contributed by atoms with van der Waals surface area (Å²) in [4.78, 5) is 0. The highest BCUT2D eigenvalue weighted by atomic mass is 16.3. The minimum Gasteiger partial charge on any atom is -0.392 e. The second kappa shape index (κ2) is 11.4. The van der Waals surface area contributed by atoms with Crippen LogP contribution in [0.5, 0.6) is 0 Å². The Morgan fingerprint density at radius 3 is 2.06 bits per heavy atom. The van der Waals surface area contributed by atoms with Gasteiger partial charge in [-0.3, -0.25) is 0 Å². The van der Waals surface area contributed by atoms with Crippen molar-refractivity contribution in [3.8, 4) is 0 Å². The number of nitrogens with one attached hydrogen (secondary N) is 1. The molecule has 2 nitrogen and oxygen atoms in total. The molecule has 0 fully saturated rings. The van der Waals surface area contributed by atoms with Gasteiger partial charge in [-0.05, 0) is 18.9 Å². The number of aliphatic hydroxyl groups excluding tert-OH is 1. The monoisotopic (exact) mass is 229 g/mol. The van der Waals surface area contributed by atoms with E-state index in [1.807, 2.05) is 0 Å². The summed E-state index contributed by atoms with van der Waals surface area (Å²) in [5.74, 6) is 0.363. The summed E-state index contributed by atoms with van der Waals surface area (Å²) in [6, 6.07) is 0. The molecule has 0 aromatic carbocycles. The van der Waals surface area contributed by atoms with Crippen molar-refractivity contribution in [3.63, 3.8) is 0 Å². The molecule has 0 rings (SSSR count). The van der Waals surface area contributed by atoms with Crippen LogP contribution in [0.25, 0.3) is 0 Å². The maximum atomic E-state index is 9.56. The van der Waals surface area contributed by atoms with Gasteiger partial charge in [0.25, 0.3) is 0 Å². The summed E-state index contributed by atoms with van der Waals surface area (Å²) < 4.78 is 0. The third-order valence-corrected chi connectivity index (χ3v) is 3.08. The summed E-state index contributed by atoms with van der Waals surface area (Å²) >= 11 is 0. The minimum absolute atomic E-state index is 0.190. The normalized spacial score (nSPS) is 13.3. The molecule has 16 heavy (non-hydrogen) atoms. The van der Waals surface area contributed by atoms with Gasteiger partial charge in [-0.15, -0.1) is 0 Å². The highest BCUT2D eigenvalue weighted by Crippen LogP contribution is 2.06. The molecular weight excluding hydrogens is 198 g/mol. The van der Waals surface area contributed by atoms with Crippen LogP contribution in [0.2, 0.25) is 0 Å². The van der Waals surface area contributed by atoms with E-state index in [9.17, 15) is 5.11 Å². The SMILES string of the molecule is CCCCCCCCCNCC(O)C(C)C. The predicted octanol–water partition coefficient (Wildman–Crippen LogP) is 3.34. The summed E-state index contributed by atoms with van der Waals surface area (Å²) in [6.07, 6.45) is 9.26. The molecule has 0 aliphatic heterocycles. The second-order valence-electron chi connectivity index (χ2n) is 5.14. The molecule has 0 aliphatic rings. The number of hydrogen-bond donors (Lipinski definition) is 2. The first-order chi connectivity index (χ1) is 7.68. The molecule has 0 saturated heterocycles. The van der Waals surface area contributed by atoms with Crippen LogP contribution in [0.1, 0.15) is 65.7 Å². The first kappa shape index (κ1) is 15.9. The number of rotatable bonds is 11. The van der Waals surface area contributed by atoms with Crippen LogP contribution in [0.3, 0.4) is 0 Å². The fourth-order valence-electron chi connectivity index (χ4n) is 1.69. The average Bonchev–Trinajstić information content (AvgIpc) is 2.26. The van der Waals surface area contributed by atoms with Gasteiger partial charge in [0.05, 0.1) is 6.10 Å². The summed E-state index contributed by atoms with van der Waals surface area (Å²) in [6.45, 7) is 8.16. The number of hydrogen-bond acceptors (Lipinski definition) is 2. The smallest absolute Gasteiger partial charge is 0.0687 e. The highest BCUT2D eigenvalue weighted by Gasteiger charge is 2.07. The molecule has 2 heteroatoms. The molecule has 1 unspecified atom stereocenters. The van der Waals surface area contributed by atoms with Crippen molar-refractivity contribution in [1.82, 2.24) is 5.32 Å². The van der Waals surface area contributed by atoms with Gasteiger partial charge in [-0.1, -0.05) is 59.3 Å². The molecule has 2 N–H and O–H groups in total. The Hall–Kier alpha value is -0.0800. The Morgan fingerprint density at radius 1 is 0.938 bits per heavy atom. The fourth-order valence-corrected chi connectivity index (χ4v) is 1.69. The third kappa shape index (κ3) is 10.4. The van der Waals surface area contributed by atoms with Crippen LogP contribution in [0, 0.1) is 5.92 Å². The van der Waals surface area contributed by atoms with Gasteiger partial charge in [0.1, 0.15) is 0 Å². The maximum absolute atomic E-state index is 9.56. The minimum atomic E-state index is -0.190. The van der Waals surface area contributed by atoms with Crippen molar-refractivity contribution in [1.29, 1.82) is 0 Å². The Kier molecular flexibility index (Phi) is 11.3. The van der Waals surface area contributed by atoms with Crippen LogP contribution in [-0.4, -0.2) is 24.3 Å². The Labute approximate surface area is 102 Å². The molecule has 0 aromatic rings. The van der Waals surface area contributed by atoms with E-state index in [1.54, 1.807) is 0 Å². The quantitative estimate of drug-likeness (QED) is 0.533. The molecule has 0 amide bonds. The zero-order chi connectivity index (χ0) is 12.2. The predicted molar refractivity (Wildman–Crippen MR) is 71.7 cm³/mol. The van der Waals surface area contributed by atoms with E-state index in [4.69, 9.17) is 0 Å². The lowest BCUT2D eigenvalue weighted by Gasteiger charge is -2.14. The number of unbranched alkanes of at least 4 members (excludes halogenated alkanes) is 6. The van der Waals surface area contributed by atoms with Gasteiger partial charge in [0, 0.05) is 6.54 Å². The molecule has 98 valence electrons. The molecule has 0 bridgehead atoms. The lowest BCUT2D eigenvalue weighted by Crippen LogP contribution is -2.31. The average molecular weight is 229 g/mol. The molecule has 1 atom stereocenters. The van der Waals surface area contributed by atoms with Crippen LogP contribution >= 0.6 is 0 Å². The van der Waals surface area contributed by atoms with E-state index in [0.717, 1.165) is 13.1 Å². The van der Waals surface area contributed by atoms with E-state index in [2.05, 4.69) is 26.1 Å². The van der Waals surface area contributed by atoms with Crippen LogP contribution in [0.15, 0.2) is 0 Å². The summed E-state index contributed by atoms with van der Waals surface area (Å²) in [7, 11) is 0. The van der Waals surface area contributed by atoms with Gasteiger partial charge in [0.2, 0.25) is 0 Å². The Morgan fingerprint density at radius 2 is 1.50 bits per heavy atom. The van der Waals surface area contributed by atoms with E-state index in [-0.39, 0.29) is 6.10 Å². The Balaban J connectivity index is 3.04. The van der Waals surface area contributed by atoms with Crippen molar-refractivity contribution in [2.24, 2.45) is 5.92 Å². The molecule has 0 radical (unpaired) electrons. The van der Waals surface area contributed by atoms with E-state index in [0.29, 0.717) is 5.92 Å². The van der Waals surface area contributed by atoms with Crippen molar-refractivity contribution >= 4 is 0 Å². The van der Waals surface area contributed by atoms with E-state index >= 15 is 0 Å². The van der Waals surface area contributed by atoms with Crippen molar-refractivity contribution in [2.75, 3.05) is 13.1 Å². The topological polar surface area (TPSA) is 32.3 Å². The summed E-state index contributed by atoms with van der Waals surface area (Å²) in [5, 5.41) is 12.9. The molecular formula is C14H31NO. The molecule has 0 saturated carbocycles. The highest BCUT2D eigenvalue weighted by molar-refractivity contribution is 4.62.